The minimum Gasteiger partial charge on any atom is -0.497 e. The van der Waals surface area contributed by atoms with Crippen molar-refractivity contribution in [3.8, 4) is 22.9 Å². The topological polar surface area (TPSA) is 87.5 Å². The molecule has 0 saturated carbocycles. The second kappa shape index (κ2) is 11.4. The zero-order valence-corrected chi connectivity index (χ0v) is 20.5. The number of anilines is 1. The first kappa shape index (κ1) is 24.2. The number of hydrogen-bond acceptors (Lipinski definition) is 7. The molecule has 0 saturated heterocycles. The number of rotatable bonds is 10. The van der Waals surface area contributed by atoms with Gasteiger partial charge in [0, 0.05) is 11.4 Å². The fourth-order valence-electron chi connectivity index (χ4n) is 3.33. The van der Waals surface area contributed by atoms with E-state index in [2.05, 4.69) is 15.5 Å². The van der Waals surface area contributed by atoms with E-state index in [1.54, 1.807) is 38.5 Å². The van der Waals surface area contributed by atoms with Gasteiger partial charge in [0.2, 0.25) is 5.91 Å². The Morgan fingerprint density at radius 1 is 0.914 bits per heavy atom. The number of ether oxygens (including phenoxy) is 3. The van der Waals surface area contributed by atoms with Crippen molar-refractivity contribution in [1.82, 2.24) is 14.8 Å². The van der Waals surface area contributed by atoms with Crippen LogP contribution in [0, 0.1) is 6.92 Å². The standard InChI is InChI=1S/C26H26N4O4S/c1-18-5-4-6-23(15-18)34-16-24-28-29-26(30(24)20-9-13-22(33-3)14-10-20)35-17-25(31)27-19-7-11-21(32-2)12-8-19/h4-15H,16-17H2,1-3H3,(H,27,31). The molecule has 0 bridgehead atoms. The third kappa shape index (κ3) is 6.33. The zero-order valence-electron chi connectivity index (χ0n) is 19.7. The van der Waals surface area contributed by atoms with Crippen molar-refractivity contribution in [3.63, 3.8) is 0 Å². The summed E-state index contributed by atoms with van der Waals surface area (Å²) in [6, 6.07) is 22.6. The maximum Gasteiger partial charge on any atom is 0.234 e. The Bertz CT molecular complexity index is 1270. The molecule has 0 radical (unpaired) electrons. The van der Waals surface area contributed by atoms with Gasteiger partial charge in [0.1, 0.15) is 23.9 Å². The molecule has 0 spiro atoms. The molecule has 1 heterocycles. The van der Waals surface area contributed by atoms with Crippen LogP contribution in [0.5, 0.6) is 17.2 Å². The number of aromatic nitrogens is 3. The number of thioether (sulfide) groups is 1. The van der Waals surface area contributed by atoms with Crippen molar-refractivity contribution in [2.45, 2.75) is 18.7 Å². The molecule has 35 heavy (non-hydrogen) atoms. The van der Waals surface area contributed by atoms with Gasteiger partial charge in [-0.2, -0.15) is 0 Å². The van der Waals surface area contributed by atoms with Crippen LogP contribution in [0.2, 0.25) is 0 Å². The van der Waals surface area contributed by atoms with Gasteiger partial charge in [-0.15, -0.1) is 10.2 Å². The Labute approximate surface area is 208 Å². The Balaban J connectivity index is 1.50. The van der Waals surface area contributed by atoms with E-state index >= 15 is 0 Å². The van der Waals surface area contributed by atoms with Crippen molar-refractivity contribution in [1.29, 1.82) is 0 Å². The van der Waals surface area contributed by atoms with Crippen LogP contribution in [-0.2, 0) is 11.4 Å². The van der Waals surface area contributed by atoms with E-state index < -0.39 is 0 Å². The minimum atomic E-state index is -0.151. The molecule has 0 aliphatic rings. The summed E-state index contributed by atoms with van der Waals surface area (Å²) in [6.07, 6.45) is 0. The molecule has 1 aromatic heterocycles. The van der Waals surface area contributed by atoms with Crippen molar-refractivity contribution in [3.05, 3.63) is 84.2 Å². The van der Waals surface area contributed by atoms with Crippen molar-refractivity contribution in [2.24, 2.45) is 0 Å². The van der Waals surface area contributed by atoms with Crippen LogP contribution in [0.25, 0.3) is 5.69 Å². The first-order valence-corrected chi connectivity index (χ1v) is 11.9. The first-order chi connectivity index (χ1) is 17.1. The molecule has 0 unspecified atom stereocenters. The lowest BCUT2D eigenvalue weighted by atomic mass is 10.2. The van der Waals surface area contributed by atoms with Gasteiger partial charge in [-0.3, -0.25) is 9.36 Å². The highest BCUT2D eigenvalue weighted by Crippen LogP contribution is 2.25. The van der Waals surface area contributed by atoms with Gasteiger partial charge in [-0.1, -0.05) is 23.9 Å². The highest BCUT2D eigenvalue weighted by molar-refractivity contribution is 7.99. The molecule has 4 aromatic rings. The summed E-state index contributed by atoms with van der Waals surface area (Å²) in [5, 5.41) is 12.1. The number of methoxy groups -OCH3 is 2. The number of nitrogens with zero attached hydrogens (tertiary/aromatic N) is 3. The predicted octanol–water partition coefficient (Wildman–Crippen LogP) is 4.90. The summed E-state index contributed by atoms with van der Waals surface area (Å²) < 4.78 is 18.3. The molecule has 180 valence electrons. The van der Waals surface area contributed by atoms with Gasteiger partial charge >= 0.3 is 0 Å². The average molecular weight is 491 g/mol. The molecule has 9 heteroatoms. The Hall–Kier alpha value is -3.98. The predicted molar refractivity (Wildman–Crippen MR) is 136 cm³/mol. The first-order valence-electron chi connectivity index (χ1n) is 10.9. The van der Waals surface area contributed by atoms with E-state index in [1.165, 1.54) is 11.8 Å². The van der Waals surface area contributed by atoms with Crippen molar-refractivity contribution >= 4 is 23.4 Å². The van der Waals surface area contributed by atoms with Crippen LogP contribution in [-0.4, -0.2) is 40.6 Å². The van der Waals surface area contributed by atoms with Crippen LogP contribution in [0.1, 0.15) is 11.4 Å². The van der Waals surface area contributed by atoms with Crippen LogP contribution < -0.4 is 19.5 Å². The van der Waals surface area contributed by atoms with Crippen molar-refractivity contribution < 1.29 is 19.0 Å². The lowest BCUT2D eigenvalue weighted by Crippen LogP contribution is -2.14. The number of hydrogen-bond donors (Lipinski definition) is 1. The van der Waals surface area contributed by atoms with Gasteiger partial charge in [0.05, 0.1) is 20.0 Å². The number of carbonyl (C=O) groups is 1. The van der Waals surface area contributed by atoms with E-state index in [-0.39, 0.29) is 18.3 Å². The van der Waals surface area contributed by atoms with E-state index in [0.29, 0.717) is 16.7 Å². The van der Waals surface area contributed by atoms with E-state index in [0.717, 1.165) is 28.5 Å². The fraction of sp³-hybridized carbons (Fsp3) is 0.192. The lowest BCUT2D eigenvalue weighted by Gasteiger charge is -2.12. The second-order valence-electron chi connectivity index (χ2n) is 7.60. The summed E-state index contributed by atoms with van der Waals surface area (Å²) in [5.41, 5.74) is 2.65. The van der Waals surface area contributed by atoms with Crippen LogP contribution in [0.4, 0.5) is 5.69 Å². The van der Waals surface area contributed by atoms with E-state index in [1.807, 2.05) is 60.0 Å². The highest BCUT2D eigenvalue weighted by atomic mass is 32.2. The van der Waals surface area contributed by atoms with Gasteiger partial charge < -0.3 is 19.5 Å². The molecule has 1 N–H and O–H groups in total. The van der Waals surface area contributed by atoms with E-state index in [4.69, 9.17) is 14.2 Å². The SMILES string of the molecule is COc1ccc(NC(=O)CSc2nnc(COc3cccc(C)c3)n2-c2ccc(OC)cc2)cc1. The highest BCUT2D eigenvalue weighted by Gasteiger charge is 2.17. The van der Waals surface area contributed by atoms with Gasteiger partial charge in [-0.05, 0) is 73.2 Å². The van der Waals surface area contributed by atoms with Gasteiger partial charge in [0.25, 0.3) is 0 Å². The number of carbonyl (C=O) groups excluding carboxylic acids is 1. The molecule has 0 atom stereocenters. The summed E-state index contributed by atoms with van der Waals surface area (Å²) in [6.45, 7) is 2.24. The zero-order chi connectivity index (χ0) is 24.6. The van der Waals surface area contributed by atoms with Crippen LogP contribution >= 0.6 is 11.8 Å². The van der Waals surface area contributed by atoms with Gasteiger partial charge in [-0.25, -0.2) is 0 Å². The van der Waals surface area contributed by atoms with Crippen LogP contribution in [0.3, 0.4) is 0 Å². The summed E-state index contributed by atoms with van der Waals surface area (Å²) in [5.74, 6) is 2.86. The number of nitrogens with one attached hydrogen (secondary N) is 1. The molecule has 0 aliphatic carbocycles. The Morgan fingerprint density at radius 3 is 2.26 bits per heavy atom. The molecular weight excluding hydrogens is 464 g/mol. The lowest BCUT2D eigenvalue weighted by molar-refractivity contribution is -0.113. The minimum absolute atomic E-state index is 0.151. The molecule has 0 fully saturated rings. The van der Waals surface area contributed by atoms with Crippen LogP contribution in [0.15, 0.2) is 78.0 Å². The summed E-state index contributed by atoms with van der Waals surface area (Å²) in [7, 11) is 3.22. The van der Waals surface area contributed by atoms with Gasteiger partial charge in [0.15, 0.2) is 11.0 Å². The third-order valence-electron chi connectivity index (χ3n) is 5.09. The largest absolute Gasteiger partial charge is 0.497 e. The molecule has 8 nitrogen and oxygen atoms in total. The monoisotopic (exact) mass is 490 g/mol. The molecular formula is C26H26N4O4S. The quantitative estimate of drug-likeness (QED) is 0.316. The fourth-order valence-corrected chi connectivity index (χ4v) is 4.10. The second-order valence-corrected chi connectivity index (χ2v) is 8.55. The number of amides is 1. The molecule has 3 aromatic carbocycles. The normalized spacial score (nSPS) is 10.6. The Kier molecular flexibility index (Phi) is 7.89. The Morgan fingerprint density at radius 2 is 1.60 bits per heavy atom. The maximum absolute atomic E-state index is 12.6. The molecule has 0 aliphatic heterocycles. The smallest absolute Gasteiger partial charge is 0.234 e. The molecule has 1 amide bonds. The maximum atomic E-state index is 12.6. The van der Waals surface area contributed by atoms with Crippen molar-refractivity contribution in [2.75, 3.05) is 25.3 Å². The molecule has 4 rings (SSSR count). The average Bonchev–Trinajstić information content (AvgIpc) is 3.29. The van der Waals surface area contributed by atoms with E-state index in [9.17, 15) is 4.79 Å². The number of benzene rings is 3. The number of aryl methyl sites for hydroxylation is 1. The summed E-state index contributed by atoms with van der Waals surface area (Å²) >= 11 is 1.30. The summed E-state index contributed by atoms with van der Waals surface area (Å²) in [4.78, 5) is 12.6. The third-order valence-corrected chi connectivity index (χ3v) is 6.02.